The van der Waals surface area contributed by atoms with Crippen molar-refractivity contribution in [3.63, 3.8) is 0 Å². The summed E-state index contributed by atoms with van der Waals surface area (Å²) in [6.07, 6.45) is -5.93. The predicted molar refractivity (Wildman–Crippen MR) is 147 cm³/mol. The van der Waals surface area contributed by atoms with Gasteiger partial charge in [0.15, 0.2) is 12.2 Å². The fourth-order valence-electron chi connectivity index (χ4n) is 4.52. The number of benzene rings is 2. The number of esters is 4. The molecule has 14 heteroatoms. The lowest BCUT2D eigenvalue weighted by Crippen LogP contribution is -2.63. The molecule has 0 aliphatic carbocycles. The second kappa shape index (κ2) is 13.1. The fourth-order valence-corrected chi connectivity index (χ4v) is 4.65. The van der Waals surface area contributed by atoms with E-state index >= 15 is 0 Å². The third kappa shape index (κ3) is 7.43. The first kappa shape index (κ1) is 31.3. The third-order valence-corrected chi connectivity index (χ3v) is 6.44. The summed E-state index contributed by atoms with van der Waals surface area (Å²) in [4.78, 5) is 60.8. The third-order valence-electron chi connectivity index (χ3n) is 6.19. The Morgan fingerprint density at radius 1 is 0.860 bits per heavy atom. The highest BCUT2D eigenvalue weighted by Gasteiger charge is 2.53. The Bertz CT molecular complexity index is 1600. The van der Waals surface area contributed by atoms with Crippen LogP contribution in [0.4, 0.5) is 0 Å². The molecule has 13 nitrogen and oxygen atoms in total. The number of phenols is 1. The smallest absolute Gasteiger partial charge is 0.303 e. The molecule has 1 aliphatic rings. The molecule has 0 unspecified atom stereocenters. The minimum absolute atomic E-state index is 0.0525. The molecule has 0 amide bonds. The lowest BCUT2D eigenvalue weighted by molar-refractivity contribution is -0.288. The maximum Gasteiger partial charge on any atom is 0.303 e. The monoisotopic (exact) mass is 618 g/mol. The molecule has 0 radical (unpaired) electrons. The summed E-state index contributed by atoms with van der Waals surface area (Å²) in [7, 11) is 0. The second-order valence-electron chi connectivity index (χ2n) is 9.49. The molecule has 0 bridgehead atoms. The van der Waals surface area contributed by atoms with E-state index in [1.54, 1.807) is 24.3 Å². The minimum atomic E-state index is -1.56. The summed E-state index contributed by atoms with van der Waals surface area (Å²) in [5.74, 6) is -3.70. The van der Waals surface area contributed by atoms with Crippen LogP contribution < -0.4 is 10.2 Å². The first-order chi connectivity index (χ1) is 20.3. The van der Waals surface area contributed by atoms with Crippen LogP contribution in [0.3, 0.4) is 0 Å². The van der Waals surface area contributed by atoms with Gasteiger partial charge in [-0.05, 0) is 17.7 Å². The molecule has 43 heavy (non-hydrogen) atoms. The highest BCUT2D eigenvalue weighted by molar-refractivity contribution is 6.30. The van der Waals surface area contributed by atoms with Gasteiger partial charge in [0, 0.05) is 44.9 Å². The van der Waals surface area contributed by atoms with Gasteiger partial charge in [-0.3, -0.25) is 24.0 Å². The van der Waals surface area contributed by atoms with E-state index in [2.05, 4.69) is 0 Å². The van der Waals surface area contributed by atoms with Gasteiger partial charge in [-0.15, -0.1) is 0 Å². The Labute approximate surface area is 249 Å². The molecular weight excluding hydrogens is 592 g/mol. The molecule has 1 aromatic heterocycles. The van der Waals surface area contributed by atoms with Crippen LogP contribution in [-0.2, 0) is 42.9 Å². The topological polar surface area (TPSA) is 174 Å². The summed E-state index contributed by atoms with van der Waals surface area (Å²) in [5, 5.41) is 11.2. The Morgan fingerprint density at radius 3 is 2.07 bits per heavy atom. The summed E-state index contributed by atoms with van der Waals surface area (Å²) < 4.78 is 38.6. The van der Waals surface area contributed by atoms with Gasteiger partial charge < -0.3 is 37.9 Å². The molecule has 3 aromatic rings. The number of hydrogen-bond acceptors (Lipinski definition) is 13. The van der Waals surface area contributed by atoms with Crippen molar-refractivity contribution in [3.05, 3.63) is 57.9 Å². The first-order valence-electron chi connectivity index (χ1n) is 12.9. The molecule has 2 heterocycles. The Morgan fingerprint density at radius 2 is 1.47 bits per heavy atom. The normalized spacial score (nSPS) is 21.5. The lowest BCUT2D eigenvalue weighted by Gasteiger charge is -2.43. The summed E-state index contributed by atoms with van der Waals surface area (Å²) in [6, 6.07) is 8.85. The molecule has 0 saturated carbocycles. The molecule has 5 atom stereocenters. The SMILES string of the molecule is CC(=O)OC[C@@H]1O[C@H](Oc2cc(O)c3c(=O)c(-c4ccc(Cl)cc4)coc3c2)[C@H](OC(C)=O)[C@@H](OC(C)=O)[C@@H]1OC(C)=O. The Kier molecular flexibility index (Phi) is 9.56. The Balaban J connectivity index is 1.74. The standard InChI is InChI=1S/C29H27ClO13/c1-13(31)37-12-23-26(39-14(2)32)27(40-15(3)33)28(41-16(4)34)29(43-23)42-19-9-21(35)24-22(10-19)38-11-20(25(24)36)17-5-7-18(30)8-6-17/h5-11,23,26-29,35H,12H2,1-4H3/t23-,26+,27-,28+,29-/m0/s1. The zero-order valence-electron chi connectivity index (χ0n) is 23.4. The van der Waals surface area contributed by atoms with Crippen molar-refractivity contribution in [2.24, 2.45) is 0 Å². The van der Waals surface area contributed by atoms with Crippen molar-refractivity contribution < 1.29 is 57.1 Å². The van der Waals surface area contributed by atoms with E-state index in [9.17, 15) is 29.1 Å². The Hall–Kier alpha value is -4.62. The maximum absolute atomic E-state index is 13.2. The zero-order valence-corrected chi connectivity index (χ0v) is 24.1. The van der Waals surface area contributed by atoms with E-state index in [4.69, 9.17) is 44.4 Å². The van der Waals surface area contributed by atoms with Crippen molar-refractivity contribution in [1.82, 2.24) is 0 Å². The van der Waals surface area contributed by atoms with Gasteiger partial charge in [0.05, 0.1) is 5.56 Å². The van der Waals surface area contributed by atoms with E-state index in [1.165, 1.54) is 12.3 Å². The molecule has 0 spiro atoms. The van der Waals surface area contributed by atoms with Crippen LogP contribution in [0, 0.1) is 0 Å². The minimum Gasteiger partial charge on any atom is -0.507 e. The van der Waals surface area contributed by atoms with Crippen LogP contribution in [0.2, 0.25) is 5.02 Å². The number of phenolic OH excluding ortho intramolecular Hbond substituents is 1. The van der Waals surface area contributed by atoms with Crippen molar-refractivity contribution in [1.29, 1.82) is 0 Å². The number of halogens is 1. The molecule has 1 saturated heterocycles. The zero-order chi connectivity index (χ0) is 31.4. The van der Waals surface area contributed by atoms with Crippen LogP contribution in [0.15, 0.2) is 51.9 Å². The van der Waals surface area contributed by atoms with Gasteiger partial charge in [0.1, 0.15) is 41.4 Å². The number of rotatable bonds is 8. The quantitative estimate of drug-likeness (QED) is 0.288. The average Bonchev–Trinajstić information content (AvgIpc) is 2.91. The van der Waals surface area contributed by atoms with Crippen LogP contribution in [0.25, 0.3) is 22.1 Å². The van der Waals surface area contributed by atoms with Crippen molar-refractivity contribution in [3.8, 4) is 22.6 Å². The van der Waals surface area contributed by atoms with E-state index in [0.717, 1.165) is 33.8 Å². The van der Waals surface area contributed by atoms with E-state index in [-0.39, 0.29) is 22.3 Å². The van der Waals surface area contributed by atoms with Gasteiger partial charge >= 0.3 is 23.9 Å². The predicted octanol–water partition coefficient (Wildman–Crippen LogP) is 3.28. The summed E-state index contributed by atoms with van der Waals surface area (Å²) >= 11 is 5.94. The molecule has 1 N–H and O–H groups in total. The van der Waals surface area contributed by atoms with E-state index < -0.39 is 72.4 Å². The average molecular weight is 619 g/mol. The lowest BCUT2D eigenvalue weighted by atomic mass is 9.98. The van der Waals surface area contributed by atoms with Gasteiger partial charge in [0.2, 0.25) is 17.8 Å². The van der Waals surface area contributed by atoms with Crippen molar-refractivity contribution in [2.75, 3.05) is 6.61 Å². The molecule has 228 valence electrons. The number of ether oxygens (including phenoxy) is 6. The molecule has 1 fully saturated rings. The van der Waals surface area contributed by atoms with Crippen molar-refractivity contribution >= 4 is 46.4 Å². The van der Waals surface area contributed by atoms with Gasteiger partial charge in [-0.1, -0.05) is 23.7 Å². The largest absolute Gasteiger partial charge is 0.507 e. The van der Waals surface area contributed by atoms with E-state index in [1.807, 2.05) is 0 Å². The molecule has 2 aromatic carbocycles. The highest BCUT2D eigenvalue weighted by atomic mass is 35.5. The summed E-state index contributed by atoms with van der Waals surface area (Å²) in [5.41, 5.74) is 0.105. The molecule has 1 aliphatic heterocycles. The number of carbonyl (C=O) groups excluding carboxylic acids is 4. The fraction of sp³-hybridized carbons (Fsp3) is 0.345. The number of fused-ring (bicyclic) bond motifs is 1. The van der Waals surface area contributed by atoms with Crippen LogP contribution in [-0.4, -0.2) is 66.3 Å². The number of aromatic hydroxyl groups is 1. The van der Waals surface area contributed by atoms with Crippen LogP contribution in [0.1, 0.15) is 27.7 Å². The van der Waals surface area contributed by atoms with E-state index in [0.29, 0.717) is 10.6 Å². The molecular formula is C29H27ClO13. The van der Waals surface area contributed by atoms with Gasteiger partial charge in [0.25, 0.3) is 0 Å². The van der Waals surface area contributed by atoms with Gasteiger partial charge in [-0.25, -0.2) is 0 Å². The molecule has 4 rings (SSSR count). The van der Waals surface area contributed by atoms with Crippen LogP contribution in [0.5, 0.6) is 11.5 Å². The van der Waals surface area contributed by atoms with Crippen molar-refractivity contribution in [2.45, 2.75) is 58.4 Å². The van der Waals surface area contributed by atoms with Gasteiger partial charge in [-0.2, -0.15) is 0 Å². The van der Waals surface area contributed by atoms with Crippen LogP contribution >= 0.6 is 11.6 Å². The second-order valence-corrected chi connectivity index (χ2v) is 9.92. The maximum atomic E-state index is 13.2. The number of carbonyl (C=O) groups is 4. The first-order valence-corrected chi connectivity index (χ1v) is 13.2. The summed E-state index contributed by atoms with van der Waals surface area (Å²) in [6.45, 7) is 3.96. The highest BCUT2D eigenvalue weighted by Crippen LogP contribution is 2.35. The number of hydrogen-bond donors (Lipinski definition) is 1.